The highest BCUT2D eigenvalue weighted by Crippen LogP contribution is 2.47. The average Bonchev–Trinajstić information content (AvgIpc) is 2.98. The lowest BCUT2D eigenvalue weighted by Crippen LogP contribution is -2.55. The summed E-state index contributed by atoms with van der Waals surface area (Å²) in [6.07, 6.45) is 7.34. The molecule has 150 valence electrons. The van der Waals surface area contributed by atoms with E-state index in [1.54, 1.807) is 6.20 Å². The van der Waals surface area contributed by atoms with Crippen LogP contribution in [0.25, 0.3) is 0 Å². The maximum Gasteiger partial charge on any atom is 0.206 e. The number of piperidine rings is 1. The highest BCUT2D eigenvalue weighted by Gasteiger charge is 2.48. The number of nitrogens with zero attached hydrogens (tertiary/aromatic N) is 3. The van der Waals surface area contributed by atoms with Gasteiger partial charge in [0, 0.05) is 37.7 Å². The predicted molar refractivity (Wildman–Crippen MR) is 118 cm³/mol. The van der Waals surface area contributed by atoms with Crippen LogP contribution in [-0.4, -0.2) is 57.2 Å². The third-order valence-corrected chi connectivity index (χ3v) is 8.41. The van der Waals surface area contributed by atoms with E-state index in [2.05, 4.69) is 37.2 Å². The number of guanidine groups is 1. The van der Waals surface area contributed by atoms with Gasteiger partial charge in [-0.05, 0) is 74.5 Å². The Hall–Kier alpha value is -0.540. The highest BCUT2D eigenvalue weighted by atomic mass is 127. The van der Waals surface area contributed by atoms with Gasteiger partial charge >= 0.3 is 0 Å². The molecule has 1 aliphatic carbocycles. The Bertz CT molecular complexity index is 688. The van der Waals surface area contributed by atoms with Gasteiger partial charge in [-0.3, -0.25) is 0 Å². The van der Waals surface area contributed by atoms with Crippen molar-refractivity contribution in [3.05, 3.63) is 15.5 Å². The first-order chi connectivity index (χ1) is 12.7. The molecule has 3 rings (SSSR count). The van der Waals surface area contributed by atoms with E-state index in [0.717, 1.165) is 41.9 Å². The SMILES string of the molecule is CN1C(=C=O)C(I)=CN=C1N1CCC2(CCC[C@H]2N[S+]([O-])C(C)(C)C)CC1. The number of likely N-dealkylation sites (tertiary alicyclic amines) is 1. The molecular formula is C19H29IN4O2S. The first kappa shape index (κ1) is 21.2. The van der Waals surface area contributed by atoms with Crippen molar-refractivity contribution in [2.75, 3.05) is 20.1 Å². The van der Waals surface area contributed by atoms with Crippen molar-refractivity contribution in [3.63, 3.8) is 0 Å². The Labute approximate surface area is 179 Å². The standard InChI is InChI=1S/C19H29IN4O2S/c1-18(2,3)27(26)22-16-6-5-7-19(16)8-10-24(11-9-19)17-21-12-14(20)15(13-25)23(17)4/h12,16,22H,5-11H2,1-4H3/t16-,27?/m1/s1. The van der Waals surface area contributed by atoms with Crippen molar-refractivity contribution in [2.45, 2.75) is 63.7 Å². The smallest absolute Gasteiger partial charge is 0.206 e. The zero-order valence-corrected chi connectivity index (χ0v) is 19.5. The summed E-state index contributed by atoms with van der Waals surface area (Å²) in [4.78, 5) is 19.9. The normalized spacial score (nSPS) is 26.7. The molecule has 0 aromatic rings. The lowest BCUT2D eigenvalue weighted by molar-refractivity contribution is 0.122. The Morgan fingerprint density at radius 3 is 2.63 bits per heavy atom. The quantitative estimate of drug-likeness (QED) is 0.356. The van der Waals surface area contributed by atoms with Crippen LogP contribution in [0.5, 0.6) is 0 Å². The molecule has 2 atom stereocenters. The minimum absolute atomic E-state index is 0.221. The van der Waals surface area contributed by atoms with Gasteiger partial charge in [0.05, 0.1) is 9.62 Å². The van der Waals surface area contributed by atoms with Crippen molar-refractivity contribution in [1.29, 1.82) is 0 Å². The minimum Gasteiger partial charge on any atom is -0.598 e. The summed E-state index contributed by atoms with van der Waals surface area (Å²) in [6, 6.07) is 0.317. The van der Waals surface area contributed by atoms with E-state index in [-0.39, 0.29) is 10.2 Å². The van der Waals surface area contributed by atoms with E-state index in [0.29, 0.717) is 11.7 Å². The number of carbonyl (C=O) groups excluding carboxylic acids is 1. The largest absolute Gasteiger partial charge is 0.598 e. The van der Waals surface area contributed by atoms with Gasteiger partial charge < -0.3 is 14.4 Å². The molecule has 0 radical (unpaired) electrons. The summed E-state index contributed by atoms with van der Waals surface area (Å²) in [5.74, 6) is 2.85. The summed E-state index contributed by atoms with van der Waals surface area (Å²) in [7, 11) is 1.88. The van der Waals surface area contributed by atoms with Crippen LogP contribution in [0.3, 0.4) is 0 Å². The molecular weight excluding hydrogens is 475 g/mol. The second-order valence-corrected chi connectivity index (χ2v) is 11.9. The van der Waals surface area contributed by atoms with Crippen LogP contribution in [0.1, 0.15) is 52.9 Å². The molecule has 3 aliphatic rings. The topological polar surface area (TPSA) is 71.0 Å². The lowest BCUT2D eigenvalue weighted by Gasteiger charge is -2.45. The molecule has 27 heavy (non-hydrogen) atoms. The molecule has 1 saturated heterocycles. The third kappa shape index (κ3) is 4.24. The summed E-state index contributed by atoms with van der Waals surface area (Å²) < 4.78 is 16.6. The Morgan fingerprint density at radius 2 is 2.04 bits per heavy atom. The Kier molecular flexibility index (Phi) is 6.33. The first-order valence-electron chi connectivity index (χ1n) is 9.54. The number of allylic oxidation sites excluding steroid dienone is 1. The van der Waals surface area contributed by atoms with E-state index in [4.69, 9.17) is 0 Å². The Balaban J connectivity index is 1.68. The number of hydrogen-bond acceptors (Lipinski definition) is 6. The number of hydrogen-bond donors (Lipinski definition) is 1. The maximum atomic E-state index is 12.6. The molecule has 0 aromatic carbocycles. The second kappa shape index (κ2) is 8.06. The van der Waals surface area contributed by atoms with E-state index in [1.165, 1.54) is 12.8 Å². The van der Waals surface area contributed by atoms with Gasteiger partial charge in [0.1, 0.15) is 10.4 Å². The fourth-order valence-electron chi connectivity index (χ4n) is 4.31. The van der Waals surface area contributed by atoms with Gasteiger partial charge in [0.25, 0.3) is 0 Å². The number of likely N-dealkylation sites (N-methyl/N-ethyl adjacent to an activating group) is 1. The lowest BCUT2D eigenvalue weighted by atomic mass is 9.74. The predicted octanol–water partition coefficient (Wildman–Crippen LogP) is 2.97. The molecule has 8 heteroatoms. The summed E-state index contributed by atoms with van der Waals surface area (Å²) in [6.45, 7) is 7.86. The molecule has 1 unspecified atom stereocenters. The van der Waals surface area contributed by atoms with Gasteiger partial charge in [-0.25, -0.2) is 9.79 Å². The van der Waals surface area contributed by atoms with E-state index in [1.807, 2.05) is 38.7 Å². The number of nitrogens with one attached hydrogen (secondary N) is 1. The van der Waals surface area contributed by atoms with Gasteiger partial charge in [0.2, 0.25) is 5.96 Å². The number of aliphatic imine (C=N–C) groups is 1. The summed E-state index contributed by atoms with van der Waals surface area (Å²) in [5, 5.41) is 0. The molecule has 1 spiro atoms. The highest BCUT2D eigenvalue weighted by molar-refractivity contribution is 14.1. The van der Waals surface area contributed by atoms with Crippen molar-refractivity contribution < 1.29 is 9.35 Å². The van der Waals surface area contributed by atoms with Crippen LogP contribution in [0.2, 0.25) is 0 Å². The Morgan fingerprint density at radius 1 is 1.37 bits per heavy atom. The zero-order chi connectivity index (χ0) is 19.8. The molecule has 0 amide bonds. The van der Waals surface area contributed by atoms with Gasteiger partial charge in [0.15, 0.2) is 5.94 Å². The van der Waals surface area contributed by atoms with E-state index >= 15 is 0 Å². The minimum atomic E-state index is -1.03. The number of halogens is 1. The van der Waals surface area contributed by atoms with Crippen LogP contribution in [0, 0.1) is 5.41 Å². The molecule has 1 N–H and O–H groups in total. The first-order valence-corrected chi connectivity index (χ1v) is 11.8. The maximum absolute atomic E-state index is 12.6. The van der Waals surface area contributed by atoms with Crippen molar-refractivity contribution in [2.24, 2.45) is 10.4 Å². The zero-order valence-electron chi connectivity index (χ0n) is 16.5. The van der Waals surface area contributed by atoms with Gasteiger partial charge in [-0.15, -0.1) is 4.72 Å². The van der Waals surface area contributed by atoms with Crippen LogP contribution in [0.15, 0.2) is 20.5 Å². The van der Waals surface area contributed by atoms with E-state index in [9.17, 15) is 9.35 Å². The molecule has 2 heterocycles. The van der Waals surface area contributed by atoms with Crippen molar-refractivity contribution >= 4 is 45.9 Å². The fourth-order valence-corrected chi connectivity index (χ4v) is 5.90. The third-order valence-electron chi connectivity index (χ3n) is 6.01. The molecule has 1 saturated carbocycles. The fraction of sp³-hybridized carbons (Fsp3) is 0.737. The van der Waals surface area contributed by atoms with Crippen molar-refractivity contribution in [3.8, 4) is 0 Å². The van der Waals surface area contributed by atoms with E-state index < -0.39 is 11.4 Å². The summed E-state index contributed by atoms with van der Waals surface area (Å²) >= 11 is 1.08. The second-order valence-electron chi connectivity index (χ2n) is 8.71. The molecule has 0 bridgehead atoms. The van der Waals surface area contributed by atoms with Crippen LogP contribution in [-0.2, 0) is 16.2 Å². The summed E-state index contributed by atoms with van der Waals surface area (Å²) in [5.41, 5.74) is 0.764. The molecule has 0 aromatic heterocycles. The average molecular weight is 504 g/mol. The van der Waals surface area contributed by atoms with Crippen LogP contribution < -0.4 is 4.72 Å². The van der Waals surface area contributed by atoms with Crippen LogP contribution in [0.4, 0.5) is 0 Å². The van der Waals surface area contributed by atoms with Crippen molar-refractivity contribution in [1.82, 2.24) is 14.5 Å². The molecule has 2 aliphatic heterocycles. The monoisotopic (exact) mass is 504 g/mol. The van der Waals surface area contributed by atoms with Gasteiger partial charge in [-0.1, -0.05) is 6.42 Å². The molecule has 6 nitrogen and oxygen atoms in total. The van der Waals surface area contributed by atoms with Gasteiger partial charge in [-0.2, -0.15) is 0 Å². The van der Waals surface area contributed by atoms with Crippen LogP contribution >= 0.6 is 22.6 Å². The molecule has 2 fully saturated rings. The number of rotatable bonds is 2.